The number of fused-ring (bicyclic) bond motifs is 3. The minimum Gasteiger partial charge on any atom is -0.465 e. The van der Waals surface area contributed by atoms with Gasteiger partial charge in [0.1, 0.15) is 0 Å². The molecule has 0 radical (unpaired) electrons. The predicted molar refractivity (Wildman–Crippen MR) is 81.2 cm³/mol. The molecule has 0 aliphatic rings. The molecule has 0 atom stereocenters. The number of aromatic nitrogens is 1. The van der Waals surface area contributed by atoms with Crippen LogP contribution in [0, 0.1) is 0 Å². The topological polar surface area (TPSA) is 47.8 Å². The smallest absolute Gasteiger partial charge is 0.337 e. The van der Waals surface area contributed by atoms with E-state index in [0.29, 0.717) is 10.9 Å². The van der Waals surface area contributed by atoms with Crippen molar-refractivity contribution in [2.75, 3.05) is 7.11 Å². The summed E-state index contributed by atoms with van der Waals surface area (Å²) in [5.74, 6) is -0.438. The fourth-order valence-electron chi connectivity index (χ4n) is 2.94. The quantitative estimate of drug-likeness (QED) is 0.503. The molecule has 0 unspecified atom stereocenters. The maximum absolute atomic E-state index is 12.2. The first-order valence-corrected chi connectivity index (χ1v) is 6.58. The Labute approximate surface area is 119 Å². The second kappa shape index (κ2) is 4.06. The van der Waals surface area contributed by atoms with Gasteiger partial charge in [0.25, 0.3) is 0 Å². The third kappa shape index (κ3) is 1.50. The summed E-state index contributed by atoms with van der Waals surface area (Å²) in [5.41, 5.74) is 2.16. The third-order valence-electron chi connectivity index (χ3n) is 3.87. The van der Waals surface area contributed by atoms with Gasteiger partial charge >= 0.3 is 5.97 Å². The second-order valence-corrected chi connectivity index (χ2v) is 4.98. The van der Waals surface area contributed by atoms with Gasteiger partial charge in [-0.25, -0.2) is 4.79 Å². The largest absolute Gasteiger partial charge is 0.465 e. The number of para-hydroxylation sites is 1. The van der Waals surface area contributed by atoms with Crippen LogP contribution in [0.25, 0.3) is 27.2 Å². The summed E-state index contributed by atoms with van der Waals surface area (Å²) in [6, 6.07) is 12.8. The molecule has 4 rings (SSSR count). The molecule has 0 spiro atoms. The highest BCUT2D eigenvalue weighted by atomic mass is 16.5. The molecule has 2 aromatic carbocycles. The first-order chi connectivity index (χ1) is 10.2. The van der Waals surface area contributed by atoms with Crippen molar-refractivity contribution in [2.24, 2.45) is 0 Å². The van der Waals surface area contributed by atoms with Gasteiger partial charge in [-0.2, -0.15) is 0 Å². The lowest BCUT2D eigenvalue weighted by Gasteiger charge is -2.03. The maximum Gasteiger partial charge on any atom is 0.337 e. The van der Waals surface area contributed by atoms with Gasteiger partial charge in [0.2, 0.25) is 0 Å². The molecule has 0 fully saturated rings. The van der Waals surface area contributed by atoms with Crippen molar-refractivity contribution in [3.63, 3.8) is 0 Å². The van der Waals surface area contributed by atoms with E-state index in [1.807, 2.05) is 28.7 Å². The Morgan fingerprint density at radius 2 is 1.81 bits per heavy atom. The number of hydrogen-bond donors (Lipinski definition) is 0. The summed E-state index contributed by atoms with van der Waals surface area (Å²) < 4.78 is 6.77. The summed E-state index contributed by atoms with van der Waals surface area (Å²) in [5, 5.41) is 2.44. The number of carbonyl (C=O) groups excluding carboxylic acids is 1. The molecular weight excluding hydrogens is 266 g/mol. The Hall–Kier alpha value is -2.88. The van der Waals surface area contributed by atoms with E-state index >= 15 is 0 Å². The second-order valence-electron chi connectivity index (χ2n) is 4.98. The first-order valence-electron chi connectivity index (χ1n) is 6.58. The molecule has 102 valence electrons. The van der Waals surface area contributed by atoms with Crippen LogP contribution in [0.4, 0.5) is 0 Å². The van der Waals surface area contributed by atoms with E-state index < -0.39 is 5.97 Å². The van der Waals surface area contributed by atoms with Crippen LogP contribution >= 0.6 is 0 Å². The van der Waals surface area contributed by atoms with E-state index in [2.05, 4.69) is 0 Å². The van der Waals surface area contributed by atoms with E-state index in [0.717, 1.165) is 21.8 Å². The number of benzene rings is 2. The average Bonchev–Trinajstić information content (AvgIpc) is 2.85. The van der Waals surface area contributed by atoms with Crippen LogP contribution in [-0.2, 0) is 4.74 Å². The van der Waals surface area contributed by atoms with E-state index in [1.54, 1.807) is 18.3 Å². The standard InChI is InChI=1S/C17H11NO3/c1-21-17(20)10-8-12-11-4-2-3-5-14(11)18-7-6-15(19)13(9-10)16(12)18/h2-9H,1H3. The van der Waals surface area contributed by atoms with E-state index in [-0.39, 0.29) is 5.43 Å². The van der Waals surface area contributed by atoms with Crippen molar-refractivity contribution >= 4 is 33.2 Å². The Bertz CT molecular complexity index is 1060. The molecule has 0 saturated carbocycles. The molecule has 4 aromatic rings. The van der Waals surface area contributed by atoms with Crippen LogP contribution in [0.2, 0.25) is 0 Å². The molecule has 0 bridgehead atoms. The molecule has 2 heterocycles. The van der Waals surface area contributed by atoms with Gasteiger partial charge in [0.05, 0.1) is 23.7 Å². The molecular formula is C17H11NO3. The van der Waals surface area contributed by atoms with Gasteiger partial charge in [-0.15, -0.1) is 0 Å². The van der Waals surface area contributed by atoms with Gasteiger partial charge in [-0.1, -0.05) is 18.2 Å². The lowest BCUT2D eigenvalue weighted by atomic mass is 10.1. The molecule has 21 heavy (non-hydrogen) atoms. The van der Waals surface area contributed by atoms with E-state index in [9.17, 15) is 9.59 Å². The van der Waals surface area contributed by atoms with Crippen LogP contribution in [0.1, 0.15) is 10.4 Å². The van der Waals surface area contributed by atoms with Crippen LogP contribution in [0.5, 0.6) is 0 Å². The zero-order chi connectivity index (χ0) is 14.6. The molecule has 2 aromatic heterocycles. The Kier molecular flexibility index (Phi) is 2.30. The highest BCUT2D eigenvalue weighted by Gasteiger charge is 2.16. The minimum absolute atomic E-state index is 0.0962. The van der Waals surface area contributed by atoms with Gasteiger partial charge in [-0.3, -0.25) is 4.79 Å². The SMILES string of the molecule is COC(=O)c1cc2c(=O)ccn3c4ccccc4c(c1)c23. The van der Waals surface area contributed by atoms with Crippen molar-refractivity contribution in [1.82, 2.24) is 4.40 Å². The number of hydrogen-bond acceptors (Lipinski definition) is 3. The number of esters is 1. The fraction of sp³-hybridized carbons (Fsp3) is 0.0588. The molecule has 0 saturated heterocycles. The summed E-state index contributed by atoms with van der Waals surface area (Å²) in [7, 11) is 1.34. The van der Waals surface area contributed by atoms with E-state index in [1.165, 1.54) is 13.2 Å². The van der Waals surface area contributed by atoms with E-state index in [4.69, 9.17) is 4.74 Å². The summed E-state index contributed by atoms with van der Waals surface area (Å²) in [6.07, 6.45) is 1.78. The first kappa shape index (κ1) is 11.9. The Balaban J connectivity index is 2.33. The molecule has 4 nitrogen and oxygen atoms in total. The summed E-state index contributed by atoms with van der Waals surface area (Å²) in [4.78, 5) is 24.0. The molecule has 0 aliphatic carbocycles. The lowest BCUT2D eigenvalue weighted by Crippen LogP contribution is -2.06. The molecule has 0 N–H and O–H groups in total. The fourth-order valence-corrected chi connectivity index (χ4v) is 2.94. The number of carbonyl (C=O) groups is 1. The predicted octanol–water partition coefficient (Wildman–Crippen LogP) is 2.83. The van der Waals surface area contributed by atoms with Crippen LogP contribution in [-0.4, -0.2) is 17.5 Å². The number of pyridine rings is 1. The zero-order valence-corrected chi connectivity index (χ0v) is 11.3. The maximum atomic E-state index is 12.2. The van der Waals surface area contributed by atoms with Crippen molar-refractivity contribution in [2.45, 2.75) is 0 Å². The van der Waals surface area contributed by atoms with Crippen molar-refractivity contribution in [3.8, 4) is 0 Å². The van der Waals surface area contributed by atoms with Crippen LogP contribution < -0.4 is 5.43 Å². The molecule has 0 amide bonds. The van der Waals surface area contributed by atoms with Gasteiger partial charge in [0.15, 0.2) is 5.43 Å². The lowest BCUT2D eigenvalue weighted by molar-refractivity contribution is 0.0601. The summed E-state index contributed by atoms with van der Waals surface area (Å²) in [6.45, 7) is 0. The highest BCUT2D eigenvalue weighted by Crippen LogP contribution is 2.31. The van der Waals surface area contributed by atoms with Crippen molar-refractivity contribution in [3.05, 3.63) is 64.4 Å². The van der Waals surface area contributed by atoms with Gasteiger partial charge in [-0.05, 0) is 18.2 Å². The Morgan fingerprint density at radius 3 is 2.62 bits per heavy atom. The summed E-state index contributed by atoms with van der Waals surface area (Å²) >= 11 is 0. The van der Waals surface area contributed by atoms with Gasteiger partial charge < -0.3 is 9.14 Å². The zero-order valence-electron chi connectivity index (χ0n) is 11.3. The molecule has 0 aliphatic heterocycles. The monoisotopic (exact) mass is 277 g/mol. The highest BCUT2D eigenvalue weighted by molar-refractivity contribution is 6.16. The van der Waals surface area contributed by atoms with Crippen LogP contribution in [0.3, 0.4) is 0 Å². The van der Waals surface area contributed by atoms with Gasteiger partial charge in [0, 0.05) is 28.4 Å². The minimum atomic E-state index is -0.438. The van der Waals surface area contributed by atoms with Crippen LogP contribution in [0.15, 0.2) is 53.5 Å². The number of rotatable bonds is 1. The number of ether oxygens (including phenoxy) is 1. The normalized spacial score (nSPS) is 11.5. The Morgan fingerprint density at radius 1 is 1.05 bits per heavy atom. The van der Waals surface area contributed by atoms with Crippen molar-refractivity contribution < 1.29 is 9.53 Å². The third-order valence-corrected chi connectivity index (χ3v) is 3.87. The average molecular weight is 277 g/mol. The molecule has 4 heteroatoms. The number of methoxy groups -OCH3 is 1. The number of nitrogens with zero attached hydrogens (tertiary/aromatic N) is 1. The van der Waals surface area contributed by atoms with Crippen molar-refractivity contribution in [1.29, 1.82) is 0 Å².